The topological polar surface area (TPSA) is 56.8 Å². The first-order valence-corrected chi connectivity index (χ1v) is 8.36. The lowest BCUT2D eigenvalue weighted by molar-refractivity contribution is -0.157. The van der Waals surface area contributed by atoms with Crippen molar-refractivity contribution in [1.82, 2.24) is 5.32 Å². The van der Waals surface area contributed by atoms with Crippen molar-refractivity contribution in [3.8, 4) is 0 Å². The van der Waals surface area contributed by atoms with Gasteiger partial charge in [0, 0.05) is 19.2 Å². The number of ether oxygens (including phenoxy) is 3. The molecule has 24 heavy (non-hydrogen) atoms. The number of benzene rings is 1. The number of esters is 1. The molecule has 0 aliphatic heterocycles. The fourth-order valence-electron chi connectivity index (χ4n) is 2.37. The lowest BCUT2D eigenvalue weighted by Gasteiger charge is -2.29. The minimum absolute atomic E-state index is 0.0900. The summed E-state index contributed by atoms with van der Waals surface area (Å²) >= 11 is 0. The highest BCUT2D eigenvalue weighted by atomic mass is 16.7. The molecule has 0 saturated carbocycles. The van der Waals surface area contributed by atoms with Gasteiger partial charge in [0.25, 0.3) is 0 Å². The fourth-order valence-corrected chi connectivity index (χ4v) is 2.37. The van der Waals surface area contributed by atoms with E-state index in [2.05, 4.69) is 24.4 Å². The van der Waals surface area contributed by atoms with Gasteiger partial charge in [0.15, 0.2) is 0 Å². The van der Waals surface area contributed by atoms with Crippen molar-refractivity contribution in [2.45, 2.75) is 64.8 Å². The molecular formula is C19H31NO4. The summed E-state index contributed by atoms with van der Waals surface area (Å²) in [5, 5.41) is 3.48. The van der Waals surface area contributed by atoms with E-state index in [1.807, 2.05) is 45.9 Å². The van der Waals surface area contributed by atoms with Gasteiger partial charge in [-0.3, -0.25) is 4.79 Å². The molecule has 0 heterocycles. The van der Waals surface area contributed by atoms with Crippen LogP contribution in [0.15, 0.2) is 30.3 Å². The van der Waals surface area contributed by atoms with Gasteiger partial charge >= 0.3 is 5.97 Å². The zero-order valence-corrected chi connectivity index (χ0v) is 15.7. The van der Waals surface area contributed by atoms with Gasteiger partial charge in [-0.25, -0.2) is 0 Å². The summed E-state index contributed by atoms with van der Waals surface area (Å²) in [5.74, 6) is -0.242. The third-order valence-electron chi connectivity index (χ3n) is 3.59. The molecule has 1 N–H and O–H groups in total. The van der Waals surface area contributed by atoms with Crippen LogP contribution in [0.25, 0.3) is 0 Å². The van der Waals surface area contributed by atoms with Crippen molar-refractivity contribution in [2.24, 2.45) is 0 Å². The van der Waals surface area contributed by atoms with E-state index >= 15 is 0 Å². The van der Waals surface area contributed by atoms with Gasteiger partial charge in [0.1, 0.15) is 12.4 Å². The average molecular weight is 337 g/mol. The van der Waals surface area contributed by atoms with Crippen LogP contribution < -0.4 is 5.32 Å². The predicted molar refractivity (Wildman–Crippen MR) is 94.7 cm³/mol. The maximum Gasteiger partial charge on any atom is 0.307 e. The Kier molecular flexibility index (Phi) is 8.39. The molecule has 1 rings (SSSR count). The van der Waals surface area contributed by atoms with Crippen LogP contribution in [0.4, 0.5) is 0 Å². The zero-order chi connectivity index (χ0) is 18.2. The molecule has 0 amide bonds. The molecule has 5 heteroatoms. The summed E-state index contributed by atoms with van der Waals surface area (Å²) in [4.78, 5) is 12.2. The Morgan fingerprint density at radius 2 is 1.79 bits per heavy atom. The molecule has 0 unspecified atom stereocenters. The number of rotatable bonds is 9. The van der Waals surface area contributed by atoms with Crippen LogP contribution in [-0.2, 0) is 19.0 Å². The van der Waals surface area contributed by atoms with Gasteiger partial charge in [-0.05, 0) is 40.2 Å². The number of carbonyl (C=O) groups is 1. The van der Waals surface area contributed by atoms with E-state index in [-0.39, 0.29) is 37.4 Å². The largest absolute Gasteiger partial charge is 0.460 e. The quantitative estimate of drug-likeness (QED) is 0.552. The molecule has 0 fully saturated rings. The van der Waals surface area contributed by atoms with Gasteiger partial charge in [0.05, 0.1) is 12.5 Å². The fraction of sp³-hybridized carbons (Fsp3) is 0.632. The van der Waals surface area contributed by atoms with Gasteiger partial charge in [-0.2, -0.15) is 0 Å². The number of hydrogen-bond donors (Lipinski definition) is 1. The van der Waals surface area contributed by atoms with E-state index in [0.717, 1.165) is 5.56 Å². The first kappa shape index (κ1) is 20.6. The Morgan fingerprint density at radius 3 is 2.33 bits per heavy atom. The molecule has 0 aliphatic carbocycles. The van der Waals surface area contributed by atoms with Crippen molar-refractivity contribution < 1.29 is 19.0 Å². The number of hydrogen-bond acceptors (Lipinski definition) is 5. The van der Waals surface area contributed by atoms with E-state index in [4.69, 9.17) is 14.2 Å². The normalized spacial score (nSPS) is 15.6. The maximum atomic E-state index is 12.2. The maximum absolute atomic E-state index is 12.2. The van der Waals surface area contributed by atoms with E-state index in [9.17, 15) is 4.79 Å². The second-order valence-electron chi connectivity index (χ2n) is 6.97. The molecule has 0 saturated heterocycles. The molecule has 1 aromatic carbocycles. The van der Waals surface area contributed by atoms with E-state index in [0.29, 0.717) is 0 Å². The summed E-state index contributed by atoms with van der Waals surface area (Å²) < 4.78 is 16.0. The minimum atomic E-state index is -0.497. The van der Waals surface area contributed by atoms with Crippen molar-refractivity contribution in [1.29, 1.82) is 0 Å². The summed E-state index contributed by atoms with van der Waals surface area (Å²) in [6.07, 6.45) is 0.0444. The Bertz CT molecular complexity index is 484. The third kappa shape index (κ3) is 7.90. The minimum Gasteiger partial charge on any atom is -0.460 e. The molecule has 1 aromatic rings. The van der Waals surface area contributed by atoms with Gasteiger partial charge in [0.2, 0.25) is 0 Å². The molecule has 3 atom stereocenters. The van der Waals surface area contributed by atoms with Crippen LogP contribution in [0.2, 0.25) is 0 Å². The van der Waals surface area contributed by atoms with Crippen molar-refractivity contribution in [3.63, 3.8) is 0 Å². The standard InChI is InChI=1S/C19H31NO4/c1-14(16-10-8-7-9-11-16)20-17(15(2)23-13-22-6)12-18(21)24-19(3,4)5/h7-11,14-15,17,20H,12-13H2,1-6H3/t14-,15+,17-/m1/s1. The molecule has 0 aliphatic rings. The molecule has 0 radical (unpaired) electrons. The van der Waals surface area contributed by atoms with Crippen molar-refractivity contribution in [3.05, 3.63) is 35.9 Å². The zero-order valence-electron chi connectivity index (χ0n) is 15.7. The summed E-state index contributed by atoms with van der Waals surface area (Å²) in [7, 11) is 1.58. The van der Waals surface area contributed by atoms with Crippen LogP contribution in [-0.4, -0.2) is 37.6 Å². The number of carbonyl (C=O) groups excluding carboxylic acids is 1. The van der Waals surface area contributed by atoms with Crippen LogP contribution in [0, 0.1) is 0 Å². The van der Waals surface area contributed by atoms with Crippen LogP contribution in [0.1, 0.15) is 52.6 Å². The molecule has 0 bridgehead atoms. The average Bonchev–Trinajstić information content (AvgIpc) is 2.50. The molecule has 136 valence electrons. The van der Waals surface area contributed by atoms with Crippen molar-refractivity contribution >= 4 is 5.97 Å². The first-order valence-electron chi connectivity index (χ1n) is 8.36. The Morgan fingerprint density at radius 1 is 1.17 bits per heavy atom. The molecule has 5 nitrogen and oxygen atoms in total. The SMILES string of the molecule is COCO[C@@H](C)[C@@H](CC(=O)OC(C)(C)C)N[C@H](C)c1ccccc1. The van der Waals surface area contributed by atoms with E-state index in [1.54, 1.807) is 7.11 Å². The van der Waals surface area contributed by atoms with E-state index in [1.165, 1.54) is 0 Å². The number of methoxy groups -OCH3 is 1. The number of nitrogens with one attached hydrogen (secondary N) is 1. The molecule has 0 aromatic heterocycles. The van der Waals surface area contributed by atoms with E-state index < -0.39 is 5.60 Å². The highest BCUT2D eigenvalue weighted by Gasteiger charge is 2.26. The van der Waals surface area contributed by atoms with Gasteiger partial charge in [-0.15, -0.1) is 0 Å². The summed E-state index contributed by atoms with van der Waals surface area (Å²) in [6, 6.07) is 10.0. The van der Waals surface area contributed by atoms with Gasteiger partial charge < -0.3 is 19.5 Å². The second kappa shape index (κ2) is 9.77. The summed E-state index contributed by atoms with van der Waals surface area (Å²) in [6.45, 7) is 9.78. The predicted octanol–water partition coefficient (Wildman–Crippen LogP) is 3.45. The lowest BCUT2D eigenvalue weighted by atomic mass is 10.0. The first-order chi connectivity index (χ1) is 11.2. The Labute approximate surface area is 145 Å². The monoisotopic (exact) mass is 337 g/mol. The lowest BCUT2D eigenvalue weighted by Crippen LogP contribution is -2.43. The second-order valence-corrected chi connectivity index (χ2v) is 6.97. The Balaban J connectivity index is 2.75. The highest BCUT2D eigenvalue weighted by molar-refractivity contribution is 5.70. The van der Waals surface area contributed by atoms with Gasteiger partial charge in [-0.1, -0.05) is 30.3 Å². The van der Waals surface area contributed by atoms with Crippen LogP contribution in [0.5, 0.6) is 0 Å². The van der Waals surface area contributed by atoms with Crippen LogP contribution in [0.3, 0.4) is 0 Å². The van der Waals surface area contributed by atoms with Crippen molar-refractivity contribution in [2.75, 3.05) is 13.9 Å². The third-order valence-corrected chi connectivity index (χ3v) is 3.59. The van der Waals surface area contributed by atoms with Crippen LogP contribution >= 0.6 is 0 Å². The molecule has 0 spiro atoms. The summed E-state index contributed by atoms with van der Waals surface area (Å²) in [5.41, 5.74) is 0.661. The molecular weight excluding hydrogens is 306 g/mol. The highest BCUT2D eigenvalue weighted by Crippen LogP contribution is 2.17. The smallest absolute Gasteiger partial charge is 0.307 e. The Hall–Kier alpha value is -1.43.